The summed E-state index contributed by atoms with van der Waals surface area (Å²) in [5, 5.41) is 6.10. The average molecular weight is 514 g/mol. The molecule has 3 aromatic rings. The van der Waals surface area contributed by atoms with Crippen molar-refractivity contribution in [1.29, 1.82) is 0 Å². The van der Waals surface area contributed by atoms with E-state index in [2.05, 4.69) is 25.3 Å². The number of pyridine rings is 2. The standard InChI is InChI=1S/C22H22F3N5O2S.ClH/c1-14-5-2-3-6-16(14)21-17(22(23,24)25)9-10-19(29-21)30-33(31,32)20-8-4-7-18(28-20)27-15-11-12-26-13-15;/h2-10,15,26H,11-13H2,1H3,(H,27,28)(H,29,30);1H. The molecule has 0 bridgehead atoms. The van der Waals surface area contributed by atoms with E-state index < -0.39 is 21.8 Å². The number of aryl methyl sites for hydroxylation is 1. The first-order valence-electron chi connectivity index (χ1n) is 10.2. The molecule has 7 nitrogen and oxygen atoms in total. The summed E-state index contributed by atoms with van der Waals surface area (Å²) in [7, 11) is -4.19. The summed E-state index contributed by atoms with van der Waals surface area (Å²) in [6, 6.07) is 12.9. The number of anilines is 2. The molecule has 1 fully saturated rings. The van der Waals surface area contributed by atoms with Crippen molar-refractivity contribution in [2.45, 2.75) is 30.6 Å². The smallest absolute Gasteiger partial charge is 0.366 e. The molecule has 0 radical (unpaired) electrons. The van der Waals surface area contributed by atoms with Crippen molar-refractivity contribution < 1.29 is 21.6 Å². The maximum Gasteiger partial charge on any atom is 0.418 e. The van der Waals surface area contributed by atoms with Crippen LogP contribution in [0.5, 0.6) is 0 Å². The van der Waals surface area contributed by atoms with Crippen LogP contribution in [0.1, 0.15) is 17.5 Å². The monoisotopic (exact) mass is 513 g/mol. The Bertz CT molecular complexity index is 1270. The minimum atomic E-state index is -4.65. The number of alkyl halides is 3. The van der Waals surface area contributed by atoms with E-state index in [1.807, 2.05) is 0 Å². The van der Waals surface area contributed by atoms with E-state index in [1.165, 1.54) is 12.1 Å². The van der Waals surface area contributed by atoms with Gasteiger partial charge >= 0.3 is 6.18 Å². The third kappa shape index (κ3) is 5.78. The minimum Gasteiger partial charge on any atom is -0.366 e. The van der Waals surface area contributed by atoms with E-state index >= 15 is 0 Å². The second-order valence-corrected chi connectivity index (χ2v) is 9.34. The van der Waals surface area contributed by atoms with E-state index in [4.69, 9.17) is 0 Å². The van der Waals surface area contributed by atoms with Gasteiger partial charge in [0, 0.05) is 18.2 Å². The SMILES string of the molecule is Cc1ccccc1-c1nc(NS(=O)(=O)c2cccc(NC3CCNC3)n2)ccc1C(F)(F)F.Cl. The lowest BCUT2D eigenvalue weighted by Gasteiger charge is -2.16. The van der Waals surface area contributed by atoms with Crippen LogP contribution in [0.3, 0.4) is 0 Å². The molecule has 0 amide bonds. The first-order chi connectivity index (χ1) is 15.6. The average Bonchev–Trinajstić information content (AvgIpc) is 3.26. The summed E-state index contributed by atoms with van der Waals surface area (Å²) < 4.78 is 68.9. The number of hydrogen-bond acceptors (Lipinski definition) is 6. The molecule has 1 aliphatic heterocycles. The Morgan fingerprint density at radius 3 is 2.44 bits per heavy atom. The highest BCUT2D eigenvalue weighted by atomic mass is 35.5. The second-order valence-electron chi connectivity index (χ2n) is 7.71. The van der Waals surface area contributed by atoms with Gasteiger partial charge in [-0.3, -0.25) is 4.72 Å². The fourth-order valence-corrected chi connectivity index (χ4v) is 4.58. The molecule has 0 saturated carbocycles. The predicted octanol–water partition coefficient (Wildman–Crippen LogP) is 4.47. The third-order valence-corrected chi connectivity index (χ3v) is 6.51. The van der Waals surface area contributed by atoms with Crippen LogP contribution in [0.15, 0.2) is 59.6 Å². The van der Waals surface area contributed by atoms with Crippen LogP contribution in [0.25, 0.3) is 11.3 Å². The minimum absolute atomic E-state index is 0. The zero-order chi connectivity index (χ0) is 23.6. The number of benzene rings is 1. The van der Waals surface area contributed by atoms with Crippen LogP contribution in [-0.2, 0) is 16.2 Å². The van der Waals surface area contributed by atoms with Gasteiger partial charge in [0.1, 0.15) is 11.6 Å². The molecule has 1 aromatic carbocycles. The van der Waals surface area contributed by atoms with E-state index in [9.17, 15) is 21.6 Å². The molecular weight excluding hydrogens is 491 g/mol. The van der Waals surface area contributed by atoms with Crippen LogP contribution in [-0.4, -0.2) is 37.5 Å². The fourth-order valence-electron chi connectivity index (χ4n) is 3.61. The van der Waals surface area contributed by atoms with Gasteiger partial charge in [0.2, 0.25) is 0 Å². The zero-order valence-electron chi connectivity index (χ0n) is 18.1. The molecule has 0 spiro atoms. The lowest BCUT2D eigenvalue weighted by molar-refractivity contribution is -0.137. The summed E-state index contributed by atoms with van der Waals surface area (Å²) >= 11 is 0. The Hall–Kier alpha value is -2.89. The van der Waals surface area contributed by atoms with Crippen molar-refractivity contribution in [1.82, 2.24) is 15.3 Å². The molecule has 2 aromatic heterocycles. The Balaban J connectivity index is 0.00000324. The highest BCUT2D eigenvalue weighted by Crippen LogP contribution is 2.38. The van der Waals surface area contributed by atoms with E-state index in [-0.39, 0.29) is 40.6 Å². The molecular formula is C22H23ClF3N5O2S. The van der Waals surface area contributed by atoms with Gasteiger partial charge in [-0.05, 0) is 49.7 Å². The van der Waals surface area contributed by atoms with E-state index in [1.54, 1.807) is 37.3 Å². The Kier molecular flexibility index (Phi) is 7.69. The molecule has 4 rings (SSSR count). The number of aromatic nitrogens is 2. The number of nitrogens with zero attached hydrogens (tertiary/aromatic N) is 2. The maximum atomic E-state index is 13.6. The molecule has 1 unspecified atom stereocenters. The van der Waals surface area contributed by atoms with Gasteiger partial charge in [0.25, 0.3) is 10.0 Å². The normalized spacial score (nSPS) is 16.1. The van der Waals surface area contributed by atoms with Gasteiger partial charge in [-0.1, -0.05) is 30.3 Å². The summed E-state index contributed by atoms with van der Waals surface area (Å²) in [5.41, 5.74) is -0.454. The van der Waals surface area contributed by atoms with Gasteiger partial charge in [0.05, 0.1) is 11.3 Å². The van der Waals surface area contributed by atoms with Gasteiger partial charge in [0.15, 0.2) is 5.03 Å². The van der Waals surface area contributed by atoms with Gasteiger partial charge < -0.3 is 10.6 Å². The topological polar surface area (TPSA) is 96.0 Å². The Morgan fingerprint density at radius 2 is 1.76 bits per heavy atom. The predicted molar refractivity (Wildman–Crippen MR) is 127 cm³/mol. The number of sulfonamides is 1. The zero-order valence-corrected chi connectivity index (χ0v) is 19.7. The van der Waals surface area contributed by atoms with Crippen LogP contribution >= 0.6 is 12.4 Å². The summed E-state index contributed by atoms with van der Waals surface area (Å²) in [5.74, 6) is 0.161. The Labute approximate surface area is 201 Å². The number of rotatable bonds is 6. The first-order valence-corrected chi connectivity index (χ1v) is 11.7. The quantitative estimate of drug-likeness (QED) is 0.450. The summed E-state index contributed by atoms with van der Waals surface area (Å²) in [6.07, 6.45) is -3.77. The van der Waals surface area contributed by atoms with Crippen molar-refractivity contribution in [2.75, 3.05) is 23.1 Å². The second kappa shape index (κ2) is 10.2. The largest absolute Gasteiger partial charge is 0.418 e. The van der Waals surface area contributed by atoms with Crippen LogP contribution in [0, 0.1) is 6.92 Å². The van der Waals surface area contributed by atoms with Gasteiger partial charge in [-0.2, -0.15) is 21.6 Å². The van der Waals surface area contributed by atoms with E-state index in [0.717, 1.165) is 31.6 Å². The summed E-state index contributed by atoms with van der Waals surface area (Å²) in [4.78, 5) is 8.18. The molecule has 3 N–H and O–H groups in total. The number of hydrogen-bond donors (Lipinski definition) is 3. The van der Waals surface area contributed by atoms with Crippen molar-refractivity contribution in [3.63, 3.8) is 0 Å². The number of halogens is 4. The summed E-state index contributed by atoms with van der Waals surface area (Å²) in [6.45, 7) is 3.27. The molecule has 182 valence electrons. The van der Waals surface area contributed by atoms with Crippen molar-refractivity contribution in [2.24, 2.45) is 0 Å². The lowest BCUT2D eigenvalue weighted by atomic mass is 10.0. The molecule has 34 heavy (non-hydrogen) atoms. The highest BCUT2D eigenvalue weighted by molar-refractivity contribution is 7.92. The van der Waals surface area contributed by atoms with E-state index in [0.29, 0.717) is 11.4 Å². The molecule has 3 heterocycles. The molecule has 0 aliphatic carbocycles. The maximum absolute atomic E-state index is 13.6. The molecule has 1 aliphatic rings. The lowest BCUT2D eigenvalue weighted by Crippen LogP contribution is -2.23. The van der Waals surface area contributed by atoms with Crippen LogP contribution < -0.4 is 15.4 Å². The molecule has 1 atom stereocenters. The van der Waals surface area contributed by atoms with Crippen molar-refractivity contribution >= 4 is 34.1 Å². The van der Waals surface area contributed by atoms with Crippen LogP contribution in [0.2, 0.25) is 0 Å². The molecule has 12 heteroatoms. The first kappa shape index (κ1) is 25.7. The third-order valence-electron chi connectivity index (χ3n) is 5.25. The number of nitrogens with one attached hydrogen (secondary N) is 3. The van der Waals surface area contributed by atoms with Crippen LogP contribution in [0.4, 0.5) is 24.8 Å². The van der Waals surface area contributed by atoms with Crippen molar-refractivity contribution in [3.05, 3.63) is 65.7 Å². The Morgan fingerprint density at radius 1 is 1.00 bits per heavy atom. The van der Waals surface area contributed by atoms with Gasteiger partial charge in [-0.15, -0.1) is 12.4 Å². The van der Waals surface area contributed by atoms with Gasteiger partial charge in [-0.25, -0.2) is 9.97 Å². The van der Waals surface area contributed by atoms with Crippen molar-refractivity contribution in [3.8, 4) is 11.3 Å². The fraction of sp³-hybridized carbons (Fsp3) is 0.273. The molecule has 1 saturated heterocycles. The highest BCUT2D eigenvalue weighted by Gasteiger charge is 2.35.